The number of nitrogens with zero attached hydrogens (tertiary/aromatic N) is 1. The summed E-state index contributed by atoms with van der Waals surface area (Å²) in [5, 5.41) is 2.05. The largest absolute Gasteiger partial charge is 0.486 e. The Labute approximate surface area is 164 Å². The number of carbonyl (C=O) groups is 2. The molecule has 3 rings (SSSR count). The molecule has 0 saturated carbocycles. The van der Waals surface area contributed by atoms with Crippen LogP contribution in [0.25, 0.3) is 0 Å². The average Bonchev–Trinajstić information content (AvgIpc) is 3.21. The molecular weight excluding hydrogens is 385 g/mol. The number of methoxy groups -OCH3 is 1. The minimum absolute atomic E-state index is 0.0625. The van der Waals surface area contributed by atoms with Crippen LogP contribution in [0.1, 0.15) is 27.2 Å². The lowest BCUT2D eigenvalue weighted by Gasteiger charge is -2.15. The Hall–Kier alpha value is -3.26. The summed E-state index contributed by atoms with van der Waals surface area (Å²) in [4.78, 5) is 28.6. The fourth-order valence-corrected chi connectivity index (χ4v) is 2.98. The fourth-order valence-electron chi connectivity index (χ4n) is 2.30. The van der Waals surface area contributed by atoms with Gasteiger partial charge in [-0.3, -0.25) is 0 Å². The molecule has 0 bridgehead atoms. The van der Waals surface area contributed by atoms with Crippen molar-refractivity contribution in [1.29, 1.82) is 0 Å². The van der Waals surface area contributed by atoms with Crippen LogP contribution >= 0.6 is 11.3 Å². The predicted molar refractivity (Wildman–Crippen MR) is 99.5 cm³/mol. The molecule has 144 valence electrons. The Morgan fingerprint density at radius 3 is 2.50 bits per heavy atom. The monoisotopic (exact) mass is 401 g/mol. The van der Waals surface area contributed by atoms with E-state index in [-0.39, 0.29) is 18.1 Å². The van der Waals surface area contributed by atoms with Crippen molar-refractivity contribution in [3.05, 3.63) is 82.1 Å². The third kappa shape index (κ3) is 4.92. The number of thiazole rings is 1. The summed E-state index contributed by atoms with van der Waals surface area (Å²) in [5.74, 6) is -1.31. The van der Waals surface area contributed by atoms with Crippen LogP contribution in [0.15, 0.2) is 60.0 Å². The molecule has 1 atom stereocenters. The van der Waals surface area contributed by atoms with Gasteiger partial charge in [-0.15, -0.1) is 11.3 Å². The molecule has 1 heterocycles. The van der Waals surface area contributed by atoms with Gasteiger partial charge in [0.1, 0.15) is 23.2 Å². The number of rotatable bonds is 7. The van der Waals surface area contributed by atoms with E-state index in [2.05, 4.69) is 4.98 Å². The lowest BCUT2D eigenvalue weighted by atomic mass is 10.1. The summed E-state index contributed by atoms with van der Waals surface area (Å²) < 4.78 is 28.4. The van der Waals surface area contributed by atoms with Gasteiger partial charge in [0.2, 0.25) is 6.10 Å². The first kappa shape index (κ1) is 19.5. The van der Waals surface area contributed by atoms with Crippen molar-refractivity contribution in [3.8, 4) is 5.75 Å². The van der Waals surface area contributed by atoms with Crippen LogP contribution in [0.5, 0.6) is 5.75 Å². The third-order valence-electron chi connectivity index (χ3n) is 3.68. The summed E-state index contributed by atoms with van der Waals surface area (Å²) in [6, 6.07) is 14.1. The standard InChI is InChI=1S/C20H16FNO5S/c1-25-20(24)18(13-5-3-2-4-6-13)27-19(23)16-12-28-17(22-16)11-26-15-9-7-14(21)8-10-15/h2-10,12,18H,11H2,1H3. The van der Waals surface area contributed by atoms with Crippen molar-refractivity contribution in [2.75, 3.05) is 7.11 Å². The minimum atomic E-state index is -1.18. The van der Waals surface area contributed by atoms with Gasteiger partial charge in [0, 0.05) is 10.9 Å². The van der Waals surface area contributed by atoms with E-state index >= 15 is 0 Å². The molecule has 0 aliphatic carbocycles. The molecule has 0 saturated heterocycles. The molecule has 0 radical (unpaired) electrons. The lowest BCUT2D eigenvalue weighted by molar-refractivity contribution is -0.151. The van der Waals surface area contributed by atoms with E-state index in [4.69, 9.17) is 14.2 Å². The van der Waals surface area contributed by atoms with E-state index in [1.54, 1.807) is 30.3 Å². The quantitative estimate of drug-likeness (QED) is 0.559. The lowest BCUT2D eigenvalue weighted by Crippen LogP contribution is -2.21. The molecular formula is C20H16FNO5S. The van der Waals surface area contributed by atoms with Gasteiger partial charge in [0.05, 0.1) is 7.11 Å². The smallest absolute Gasteiger partial charge is 0.359 e. The summed E-state index contributed by atoms with van der Waals surface area (Å²) in [6.45, 7) is 0.114. The first-order valence-corrected chi connectivity index (χ1v) is 9.11. The Bertz CT molecular complexity index is 943. The molecule has 0 spiro atoms. The van der Waals surface area contributed by atoms with Crippen LogP contribution in [0, 0.1) is 5.82 Å². The summed E-state index contributed by atoms with van der Waals surface area (Å²) in [6.07, 6.45) is -1.18. The maximum Gasteiger partial charge on any atom is 0.359 e. The van der Waals surface area contributed by atoms with Gasteiger partial charge in [0.15, 0.2) is 5.69 Å². The summed E-state index contributed by atoms with van der Waals surface area (Å²) in [5.41, 5.74) is 0.560. The highest BCUT2D eigenvalue weighted by molar-refractivity contribution is 7.09. The number of hydrogen-bond donors (Lipinski definition) is 0. The zero-order chi connectivity index (χ0) is 19.9. The van der Waals surface area contributed by atoms with Gasteiger partial charge in [-0.05, 0) is 24.3 Å². The van der Waals surface area contributed by atoms with Crippen LogP contribution < -0.4 is 4.74 Å². The second-order valence-corrected chi connectivity index (χ2v) is 6.53. The van der Waals surface area contributed by atoms with Gasteiger partial charge in [-0.1, -0.05) is 30.3 Å². The molecule has 0 aliphatic rings. The molecule has 6 nitrogen and oxygen atoms in total. The molecule has 0 fully saturated rings. The van der Waals surface area contributed by atoms with E-state index in [1.807, 2.05) is 0 Å². The highest BCUT2D eigenvalue weighted by Crippen LogP contribution is 2.22. The van der Waals surface area contributed by atoms with E-state index in [0.717, 1.165) is 0 Å². The molecule has 0 amide bonds. The summed E-state index contributed by atoms with van der Waals surface area (Å²) in [7, 11) is 1.22. The molecule has 0 aliphatic heterocycles. The highest BCUT2D eigenvalue weighted by atomic mass is 32.1. The van der Waals surface area contributed by atoms with E-state index < -0.39 is 18.0 Å². The van der Waals surface area contributed by atoms with Crippen molar-refractivity contribution in [3.63, 3.8) is 0 Å². The maximum absolute atomic E-state index is 12.9. The Kier molecular flexibility index (Phi) is 6.33. The van der Waals surface area contributed by atoms with Crippen molar-refractivity contribution in [2.24, 2.45) is 0 Å². The van der Waals surface area contributed by atoms with Gasteiger partial charge < -0.3 is 14.2 Å². The SMILES string of the molecule is COC(=O)C(OC(=O)c1csc(COc2ccc(F)cc2)n1)c1ccccc1. The van der Waals surface area contributed by atoms with Crippen LogP contribution in [0.3, 0.4) is 0 Å². The van der Waals surface area contributed by atoms with E-state index in [9.17, 15) is 14.0 Å². The maximum atomic E-state index is 12.9. The zero-order valence-corrected chi connectivity index (χ0v) is 15.6. The first-order valence-electron chi connectivity index (χ1n) is 8.23. The number of esters is 2. The Morgan fingerprint density at radius 1 is 1.11 bits per heavy atom. The number of hydrogen-bond acceptors (Lipinski definition) is 7. The second kappa shape index (κ2) is 9.09. The molecule has 8 heteroatoms. The van der Waals surface area contributed by atoms with Gasteiger partial charge in [0.25, 0.3) is 0 Å². The van der Waals surface area contributed by atoms with E-state index in [1.165, 1.54) is 48.1 Å². The van der Waals surface area contributed by atoms with Crippen LogP contribution in [0.4, 0.5) is 4.39 Å². The highest BCUT2D eigenvalue weighted by Gasteiger charge is 2.27. The molecule has 3 aromatic rings. The number of aromatic nitrogens is 1. The Balaban J connectivity index is 1.65. The van der Waals surface area contributed by atoms with Crippen molar-refractivity contribution < 1.29 is 28.2 Å². The molecule has 2 aromatic carbocycles. The van der Waals surface area contributed by atoms with Gasteiger partial charge >= 0.3 is 11.9 Å². The third-order valence-corrected chi connectivity index (χ3v) is 4.50. The predicted octanol–water partition coefficient (Wildman–Crippen LogP) is 3.93. The number of halogens is 1. The number of ether oxygens (including phenoxy) is 3. The topological polar surface area (TPSA) is 74.7 Å². The first-order chi connectivity index (χ1) is 13.6. The van der Waals surface area contributed by atoms with Crippen molar-refractivity contribution >= 4 is 23.3 Å². The number of benzene rings is 2. The molecule has 28 heavy (non-hydrogen) atoms. The molecule has 1 aromatic heterocycles. The van der Waals surface area contributed by atoms with Gasteiger partial charge in [-0.25, -0.2) is 19.0 Å². The normalized spacial score (nSPS) is 11.5. The van der Waals surface area contributed by atoms with E-state index in [0.29, 0.717) is 16.3 Å². The van der Waals surface area contributed by atoms with Crippen LogP contribution in [-0.4, -0.2) is 24.0 Å². The second-order valence-electron chi connectivity index (χ2n) is 5.59. The number of carbonyl (C=O) groups excluding carboxylic acids is 2. The Morgan fingerprint density at radius 2 is 1.82 bits per heavy atom. The van der Waals surface area contributed by atoms with Gasteiger partial charge in [-0.2, -0.15) is 0 Å². The fraction of sp³-hybridized carbons (Fsp3) is 0.150. The minimum Gasteiger partial charge on any atom is -0.486 e. The summed E-state index contributed by atoms with van der Waals surface area (Å²) >= 11 is 1.21. The van der Waals surface area contributed by atoms with Crippen molar-refractivity contribution in [1.82, 2.24) is 4.98 Å². The van der Waals surface area contributed by atoms with Crippen LogP contribution in [-0.2, 0) is 20.9 Å². The molecule has 1 unspecified atom stereocenters. The molecule has 0 N–H and O–H groups in total. The average molecular weight is 401 g/mol. The zero-order valence-electron chi connectivity index (χ0n) is 14.8. The van der Waals surface area contributed by atoms with Crippen LogP contribution in [0.2, 0.25) is 0 Å². The van der Waals surface area contributed by atoms with Crippen molar-refractivity contribution in [2.45, 2.75) is 12.7 Å².